The SMILES string of the molecule is CN(Cc1cccc(F)c1)C(=O)NC1CCN(Cc2ccn(-c3ccc(C(F)(F)F)cc3)c2)CC1. The largest absolute Gasteiger partial charge is 0.416 e. The first-order chi connectivity index (χ1) is 16.7. The third-order valence-corrected chi connectivity index (χ3v) is 6.22. The van der Waals surface area contributed by atoms with E-state index in [-0.39, 0.29) is 17.9 Å². The molecule has 0 saturated carbocycles. The molecule has 5 nitrogen and oxygen atoms in total. The number of benzene rings is 2. The Balaban J connectivity index is 1.24. The lowest BCUT2D eigenvalue weighted by atomic mass is 10.0. The summed E-state index contributed by atoms with van der Waals surface area (Å²) in [6.07, 6.45) is 1.07. The van der Waals surface area contributed by atoms with Crippen molar-refractivity contribution in [1.29, 1.82) is 0 Å². The van der Waals surface area contributed by atoms with Crippen LogP contribution in [-0.2, 0) is 19.3 Å². The van der Waals surface area contributed by atoms with Gasteiger partial charge in [-0.25, -0.2) is 9.18 Å². The molecular weight excluding hydrogens is 460 g/mol. The minimum atomic E-state index is -4.34. The summed E-state index contributed by atoms with van der Waals surface area (Å²) >= 11 is 0. The van der Waals surface area contributed by atoms with Crippen LogP contribution < -0.4 is 5.32 Å². The lowest BCUT2D eigenvalue weighted by Gasteiger charge is -2.33. The van der Waals surface area contributed by atoms with Gasteiger partial charge >= 0.3 is 12.2 Å². The molecule has 0 atom stereocenters. The fraction of sp³-hybridized carbons (Fsp3) is 0.346. The van der Waals surface area contributed by atoms with E-state index in [4.69, 9.17) is 0 Å². The Morgan fingerprint density at radius 2 is 1.77 bits per heavy atom. The topological polar surface area (TPSA) is 40.5 Å². The average Bonchev–Trinajstić information content (AvgIpc) is 3.28. The van der Waals surface area contributed by atoms with E-state index in [9.17, 15) is 22.4 Å². The fourth-order valence-corrected chi connectivity index (χ4v) is 4.28. The van der Waals surface area contributed by atoms with Crippen LogP contribution in [0.4, 0.5) is 22.4 Å². The Hall–Kier alpha value is -3.33. The van der Waals surface area contributed by atoms with E-state index in [2.05, 4.69) is 10.2 Å². The van der Waals surface area contributed by atoms with E-state index >= 15 is 0 Å². The van der Waals surface area contributed by atoms with Crippen molar-refractivity contribution in [3.05, 3.63) is 89.5 Å². The third-order valence-electron chi connectivity index (χ3n) is 6.22. The van der Waals surface area contributed by atoms with Gasteiger partial charge in [0.2, 0.25) is 0 Å². The smallest absolute Gasteiger partial charge is 0.335 e. The number of alkyl halides is 3. The van der Waals surface area contributed by atoms with E-state index in [1.54, 1.807) is 24.1 Å². The average molecular weight is 489 g/mol. The number of nitrogens with zero attached hydrogens (tertiary/aromatic N) is 3. The summed E-state index contributed by atoms with van der Waals surface area (Å²) in [7, 11) is 1.69. The van der Waals surface area contributed by atoms with Crippen LogP contribution in [0, 0.1) is 5.82 Å². The number of likely N-dealkylation sites (tertiary alicyclic amines) is 1. The van der Waals surface area contributed by atoms with Crippen molar-refractivity contribution >= 4 is 6.03 Å². The quantitative estimate of drug-likeness (QED) is 0.470. The van der Waals surface area contributed by atoms with Crippen LogP contribution in [-0.4, -0.2) is 46.6 Å². The second-order valence-electron chi connectivity index (χ2n) is 8.96. The predicted molar refractivity (Wildman–Crippen MR) is 125 cm³/mol. The van der Waals surface area contributed by atoms with Crippen LogP contribution in [0.25, 0.3) is 5.69 Å². The summed E-state index contributed by atoms with van der Waals surface area (Å²) in [6.45, 7) is 2.71. The van der Waals surface area contributed by atoms with Crippen molar-refractivity contribution in [2.45, 2.75) is 38.1 Å². The number of hydrogen-bond acceptors (Lipinski definition) is 2. The number of piperidine rings is 1. The molecule has 0 aliphatic carbocycles. The molecule has 2 aromatic carbocycles. The second-order valence-corrected chi connectivity index (χ2v) is 8.96. The molecule has 35 heavy (non-hydrogen) atoms. The van der Waals surface area contributed by atoms with E-state index < -0.39 is 11.7 Å². The predicted octanol–water partition coefficient (Wildman–Crippen LogP) is 5.44. The van der Waals surface area contributed by atoms with Gasteiger partial charge in [-0.15, -0.1) is 0 Å². The highest BCUT2D eigenvalue weighted by molar-refractivity contribution is 5.74. The number of urea groups is 1. The third kappa shape index (κ3) is 6.63. The molecule has 1 aromatic heterocycles. The van der Waals surface area contributed by atoms with Crippen molar-refractivity contribution in [3.8, 4) is 5.69 Å². The normalized spacial score (nSPS) is 15.2. The Labute approximate surface area is 202 Å². The van der Waals surface area contributed by atoms with Gasteiger partial charge in [-0.1, -0.05) is 12.1 Å². The van der Waals surface area contributed by atoms with Crippen LogP contribution in [0.5, 0.6) is 0 Å². The van der Waals surface area contributed by atoms with Gasteiger partial charge < -0.3 is 14.8 Å². The van der Waals surface area contributed by atoms with Crippen LogP contribution >= 0.6 is 0 Å². The molecule has 4 rings (SSSR count). The maximum Gasteiger partial charge on any atom is 0.416 e. The second kappa shape index (κ2) is 10.5. The maximum absolute atomic E-state index is 13.4. The van der Waals surface area contributed by atoms with Crippen molar-refractivity contribution in [1.82, 2.24) is 19.7 Å². The molecule has 186 valence electrons. The number of carbonyl (C=O) groups is 1. The molecule has 1 aliphatic rings. The highest BCUT2D eigenvalue weighted by Gasteiger charge is 2.30. The van der Waals surface area contributed by atoms with Crippen LogP contribution in [0.1, 0.15) is 29.5 Å². The van der Waals surface area contributed by atoms with Gasteiger partial charge in [-0.2, -0.15) is 13.2 Å². The van der Waals surface area contributed by atoms with Crippen LogP contribution in [0.2, 0.25) is 0 Å². The summed E-state index contributed by atoms with van der Waals surface area (Å²) in [5.41, 5.74) is 1.82. The highest BCUT2D eigenvalue weighted by atomic mass is 19.4. The first-order valence-electron chi connectivity index (χ1n) is 11.5. The molecule has 2 amide bonds. The molecule has 1 N–H and O–H groups in total. The zero-order chi connectivity index (χ0) is 25.0. The molecule has 2 heterocycles. The van der Waals surface area contributed by atoms with Gasteiger partial charge in [0.15, 0.2) is 0 Å². The molecular formula is C26H28F4N4O. The lowest BCUT2D eigenvalue weighted by molar-refractivity contribution is -0.137. The van der Waals surface area contributed by atoms with Gasteiger partial charge in [-0.05, 0) is 66.4 Å². The minimum absolute atomic E-state index is 0.0745. The molecule has 0 spiro atoms. The van der Waals surface area contributed by atoms with E-state index in [1.807, 2.05) is 23.0 Å². The van der Waals surface area contributed by atoms with Crippen molar-refractivity contribution < 1.29 is 22.4 Å². The number of amides is 2. The Morgan fingerprint density at radius 1 is 1.06 bits per heavy atom. The number of halogens is 4. The van der Waals surface area contributed by atoms with E-state index in [1.165, 1.54) is 24.3 Å². The maximum atomic E-state index is 13.4. The Kier molecular flexibility index (Phi) is 7.45. The first-order valence-corrected chi connectivity index (χ1v) is 11.5. The molecule has 1 aliphatic heterocycles. The summed E-state index contributed by atoms with van der Waals surface area (Å²) in [6, 6.07) is 13.2. The van der Waals surface area contributed by atoms with Gasteiger partial charge in [0.25, 0.3) is 0 Å². The number of hydrogen-bond donors (Lipinski definition) is 1. The van der Waals surface area contributed by atoms with Crippen molar-refractivity contribution in [2.24, 2.45) is 0 Å². The number of nitrogens with one attached hydrogen (secondary N) is 1. The summed E-state index contributed by atoms with van der Waals surface area (Å²) in [5.74, 6) is -0.321. The number of carbonyl (C=O) groups excluding carboxylic acids is 1. The number of rotatable bonds is 6. The van der Waals surface area contributed by atoms with Crippen molar-refractivity contribution in [2.75, 3.05) is 20.1 Å². The monoisotopic (exact) mass is 488 g/mol. The molecule has 9 heteroatoms. The zero-order valence-corrected chi connectivity index (χ0v) is 19.4. The first kappa shape index (κ1) is 24.8. The molecule has 0 unspecified atom stereocenters. The Morgan fingerprint density at radius 3 is 2.43 bits per heavy atom. The molecule has 1 saturated heterocycles. The van der Waals surface area contributed by atoms with E-state index in [0.717, 1.165) is 55.7 Å². The summed E-state index contributed by atoms with van der Waals surface area (Å²) in [5, 5.41) is 3.06. The van der Waals surface area contributed by atoms with Gasteiger partial charge in [0.1, 0.15) is 5.82 Å². The lowest BCUT2D eigenvalue weighted by Crippen LogP contribution is -2.48. The zero-order valence-electron chi connectivity index (χ0n) is 19.4. The molecule has 1 fully saturated rings. The minimum Gasteiger partial charge on any atom is -0.335 e. The van der Waals surface area contributed by atoms with Gasteiger partial charge in [0, 0.05) is 57.3 Å². The molecule has 0 bridgehead atoms. The number of aromatic nitrogens is 1. The van der Waals surface area contributed by atoms with Gasteiger partial charge in [-0.3, -0.25) is 4.90 Å². The summed E-state index contributed by atoms with van der Waals surface area (Å²) < 4.78 is 53.5. The van der Waals surface area contributed by atoms with Crippen molar-refractivity contribution in [3.63, 3.8) is 0 Å². The summed E-state index contributed by atoms with van der Waals surface area (Å²) in [4.78, 5) is 16.4. The van der Waals surface area contributed by atoms with Crippen LogP contribution in [0.15, 0.2) is 67.0 Å². The standard InChI is InChI=1S/C26H28F4N4O/c1-32(16-19-3-2-4-22(27)15-19)25(35)31-23-10-12-33(13-11-23)17-20-9-14-34(18-20)24-7-5-21(6-8-24)26(28,29)30/h2-9,14-15,18,23H,10-13,16-17H2,1H3,(H,31,35). The molecule has 0 radical (unpaired) electrons. The van der Waals surface area contributed by atoms with E-state index in [0.29, 0.717) is 12.2 Å². The fourth-order valence-electron chi connectivity index (χ4n) is 4.28. The van der Waals surface area contributed by atoms with Crippen LogP contribution in [0.3, 0.4) is 0 Å². The van der Waals surface area contributed by atoms with Gasteiger partial charge in [0.05, 0.1) is 5.56 Å². The highest BCUT2D eigenvalue weighted by Crippen LogP contribution is 2.29. The Bertz CT molecular complexity index is 1130. The molecule has 3 aromatic rings.